The zero-order chi connectivity index (χ0) is 25.9. The molecule has 0 aliphatic carbocycles. The third-order valence-electron chi connectivity index (χ3n) is 6.24. The average molecular weight is 516 g/mol. The molecule has 1 aliphatic heterocycles. The van der Waals surface area contributed by atoms with Gasteiger partial charge in [0.25, 0.3) is 5.91 Å². The first-order chi connectivity index (χ1) is 17.9. The lowest BCUT2D eigenvalue weighted by molar-refractivity contribution is -0.113. The van der Waals surface area contributed by atoms with Crippen molar-refractivity contribution in [2.24, 2.45) is 0 Å². The first kappa shape index (κ1) is 24.4. The number of hydrogen-bond acceptors (Lipinski definition) is 6. The Morgan fingerprint density at radius 3 is 2.62 bits per heavy atom. The molecule has 0 fully saturated rings. The minimum atomic E-state index is -0.526. The standard InChI is InChI=1S/C28H26ClN5O3/c1-17-6-4-5-7-22(17)33-27(35)25-18(2)32-28-30-16-31-34(28)26(25)20-10-13-23(24(14-20)36-3)37-15-19-8-11-21(29)12-9-19/h4-14,16,26H,15H2,1-3H3,(H,33,35)(H,30,31,32)/t26-/m1/s1. The molecule has 8 nitrogen and oxygen atoms in total. The van der Waals surface area contributed by atoms with E-state index in [0.717, 1.165) is 22.4 Å². The van der Waals surface area contributed by atoms with Gasteiger partial charge in [-0.15, -0.1) is 0 Å². The summed E-state index contributed by atoms with van der Waals surface area (Å²) in [7, 11) is 1.59. The fourth-order valence-corrected chi connectivity index (χ4v) is 4.44. The molecule has 2 N–H and O–H groups in total. The van der Waals surface area contributed by atoms with Crippen molar-refractivity contribution in [1.29, 1.82) is 0 Å². The summed E-state index contributed by atoms with van der Waals surface area (Å²) in [5.74, 6) is 1.45. The summed E-state index contributed by atoms with van der Waals surface area (Å²) in [5, 5.41) is 11.3. The number of benzene rings is 3. The van der Waals surface area contributed by atoms with Crippen LogP contribution in [0.5, 0.6) is 11.5 Å². The highest BCUT2D eigenvalue weighted by molar-refractivity contribution is 6.30. The number of methoxy groups -OCH3 is 1. The summed E-state index contributed by atoms with van der Waals surface area (Å²) in [6.45, 7) is 4.17. The van der Waals surface area contributed by atoms with E-state index in [1.165, 1.54) is 6.33 Å². The number of rotatable bonds is 7. The summed E-state index contributed by atoms with van der Waals surface area (Å²) in [5.41, 5.74) is 4.73. The van der Waals surface area contributed by atoms with Gasteiger partial charge in [0.1, 0.15) is 19.0 Å². The number of carbonyl (C=O) groups excluding carboxylic acids is 1. The maximum atomic E-state index is 13.6. The first-order valence-electron chi connectivity index (χ1n) is 11.7. The van der Waals surface area contributed by atoms with Crippen LogP contribution in [-0.2, 0) is 11.4 Å². The molecule has 1 amide bonds. The molecule has 0 unspecified atom stereocenters. The van der Waals surface area contributed by atoms with E-state index in [2.05, 4.69) is 20.7 Å². The first-order valence-corrected chi connectivity index (χ1v) is 12.1. The van der Waals surface area contributed by atoms with E-state index in [-0.39, 0.29) is 5.91 Å². The van der Waals surface area contributed by atoms with Crippen LogP contribution in [-0.4, -0.2) is 27.8 Å². The number of halogens is 1. The minimum absolute atomic E-state index is 0.229. The number of amides is 1. The van der Waals surface area contributed by atoms with E-state index in [9.17, 15) is 4.79 Å². The molecule has 3 aromatic carbocycles. The number of nitrogens with one attached hydrogen (secondary N) is 2. The Morgan fingerprint density at radius 1 is 1.08 bits per heavy atom. The summed E-state index contributed by atoms with van der Waals surface area (Å²) < 4.78 is 13.4. The van der Waals surface area contributed by atoms with Gasteiger partial charge in [0.05, 0.1) is 12.7 Å². The molecule has 0 spiro atoms. The predicted molar refractivity (Wildman–Crippen MR) is 143 cm³/mol. The number of hydrogen-bond donors (Lipinski definition) is 2. The molecule has 4 aromatic rings. The highest BCUT2D eigenvalue weighted by Gasteiger charge is 2.34. The van der Waals surface area contributed by atoms with E-state index < -0.39 is 6.04 Å². The minimum Gasteiger partial charge on any atom is -0.493 e. The summed E-state index contributed by atoms with van der Waals surface area (Å²) in [6, 6.07) is 20.2. The van der Waals surface area contributed by atoms with Crippen molar-refractivity contribution in [3.05, 3.63) is 106 Å². The van der Waals surface area contributed by atoms with Gasteiger partial charge in [-0.1, -0.05) is 48.0 Å². The lowest BCUT2D eigenvalue weighted by atomic mass is 9.94. The molecular formula is C28H26ClN5O3. The second-order valence-corrected chi connectivity index (χ2v) is 9.13. The second kappa shape index (κ2) is 10.4. The number of nitrogens with zero attached hydrogens (tertiary/aromatic N) is 3. The van der Waals surface area contributed by atoms with Crippen molar-refractivity contribution < 1.29 is 14.3 Å². The predicted octanol–water partition coefficient (Wildman–Crippen LogP) is 5.76. The lowest BCUT2D eigenvalue weighted by Gasteiger charge is -2.29. The quantitative estimate of drug-likeness (QED) is 0.325. The van der Waals surface area contributed by atoms with Gasteiger partial charge in [0.15, 0.2) is 11.5 Å². The SMILES string of the molecule is COc1cc([C@@H]2C(C(=O)Nc3ccccc3C)=C(C)Nc3ncnn32)ccc1OCc1ccc(Cl)cc1. The van der Waals surface area contributed by atoms with Gasteiger partial charge in [0.2, 0.25) is 5.95 Å². The highest BCUT2D eigenvalue weighted by atomic mass is 35.5. The third kappa shape index (κ3) is 5.01. The maximum absolute atomic E-state index is 13.6. The van der Waals surface area contributed by atoms with Gasteiger partial charge in [-0.25, -0.2) is 4.68 Å². The molecule has 0 radical (unpaired) electrons. The monoisotopic (exact) mass is 515 g/mol. The maximum Gasteiger partial charge on any atom is 0.255 e. The van der Waals surface area contributed by atoms with Crippen LogP contribution < -0.4 is 20.1 Å². The summed E-state index contributed by atoms with van der Waals surface area (Å²) in [4.78, 5) is 17.9. The third-order valence-corrected chi connectivity index (χ3v) is 6.50. The fourth-order valence-electron chi connectivity index (χ4n) is 4.31. The summed E-state index contributed by atoms with van der Waals surface area (Å²) >= 11 is 5.98. The van der Waals surface area contributed by atoms with E-state index in [4.69, 9.17) is 21.1 Å². The van der Waals surface area contributed by atoms with Gasteiger partial charge in [0, 0.05) is 16.4 Å². The number of anilines is 2. The Kier molecular flexibility index (Phi) is 6.83. The van der Waals surface area contributed by atoms with E-state index >= 15 is 0 Å². The van der Waals surface area contributed by atoms with Gasteiger partial charge in [-0.2, -0.15) is 10.1 Å². The molecule has 2 heterocycles. The Bertz CT molecular complexity index is 1480. The largest absolute Gasteiger partial charge is 0.493 e. The Morgan fingerprint density at radius 2 is 1.86 bits per heavy atom. The number of fused-ring (bicyclic) bond motifs is 1. The number of aromatic nitrogens is 3. The van der Waals surface area contributed by atoms with Crippen LogP contribution in [0.2, 0.25) is 5.02 Å². The van der Waals surface area contributed by atoms with Crippen LogP contribution in [0.1, 0.15) is 29.7 Å². The van der Waals surface area contributed by atoms with Crippen molar-refractivity contribution in [3.8, 4) is 11.5 Å². The molecule has 1 aromatic heterocycles. The van der Waals surface area contributed by atoms with Crippen molar-refractivity contribution in [2.75, 3.05) is 17.7 Å². The number of carbonyl (C=O) groups is 1. The zero-order valence-electron chi connectivity index (χ0n) is 20.7. The Balaban J connectivity index is 1.47. The Labute approximate surface area is 219 Å². The number of aryl methyl sites for hydroxylation is 1. The van der Waals surface area contributed by atoms with E-state index in [0.29, 0.717) is 40.3 Å². The molecule has 5 rings (SSSR count). The average Bonchev–Trinajstić information content (AvgIpc) is 3.37. The molecular weight excluding hydrogens is 490 g/mol. The van der Waals surface area contributed by atoms with Crippen molar-refractivity contribution >= 4 is 29.1 Å². The van der Waals surface area contributed by atoms with Gasteiger partial charge >= 0.3 is 0 Å². The van der Waals surface area contributed by atoms with Crippen molar-refractivity contribution in [2.45, 2.75) is 26.5 Å². The summed E-state index contributed by atoms with van der Waals surface area (Å²) in [6.07, 6.45) is 1.46. The molecule has 1 atom stereocenters. The fraction of sp³-hybridized carbons (Fsp3) is 0.179. The molecule has 37 heavy (non-hydrogen) atoms. The van der Waals surface area contributed by atoms with Gasteiger partial charge < -0.3 is 20.1 Å². The van der Waals surface area contributed by atoms with Crippen LogP contribution in [0.4, 0.5) is 11.6 Å². The van der Waals surface area contributed by atoms with Crippen LogP contribution >= 0.6 is 11.6 Å². The van der Waals surface area contributed by atoms with Crippen LogP contribution in [0.3, 0.4) is 0 Å². The van der Waals surface area contributed by atoms with E-state index in [1.54, 1.807) is 11.8 Å². The lowest BCUT2D eigenvalue weighted by Crippen LogP contribution is -2.31. The number of ether oxygens (including phenoxy) is 2. The number of allylic oxidation sites excluding steroid dienone is 1. The number of para-hydroxylation sites is 1. The molecule has 188 valence electrons. The zero-order valence-corrected chi connectivity index (χ0v) is 21.4. The second-order valence-electron chi connectivity index (χ2n) is 8.69. The van der Waals surface area contributed by atoms with Crippen molar-refractivity contribution in [3.63, 3.8) is 0 Å². The normalized spacial score (nSPS) is 14.5. The van der Waals surface area contributed by atoms with Crippen LogP contribution in [0, 0.1) is 6.92 Å². The molecule has 0 bridgehead atoms. The van der Waals surface area contributed by atoms with Crippen LogP contribution in [0.25, 0.3) is 0 Å². The Hall–Kier alpha value is -4.30. The highest BCUT2D eigenvalue weighted by Crippen LogP contribution is 2.39. The van der Waals surface area contributed by atoms with Gasteiger partial charge in [-0.05, 0) is 60.9 Å². The van der Waals surface area contributed by atoms with E-state index in [1.807, 2.05) is 80.6 Å². The molecule has 9 heteroatoms. The van der Waals surface area contributed by atoms with Gasteiger partial charge in [-0.3, -0.25) is 4.79 Å². The molecule has 0 saturated heterocycles. The van der Waals surface area contributed by atoms with Crippen LogP contribution in [0.15, 0.2) is 84.3 Å². The smallest absolute Gasteiger partial charge is 0.255 e. The van der Waals surface area contributed by atoms with Crippen molar-refractivity contribution in [1.82, 2.24) is 14.8 Å². The topological polar surface area (TPSA) is 90.3 Å². The molecule has 1 aliphatic rings. The molecule has 0 saturated carbocycles.